The highest BCUT2D eigenvalue weighted by molar-refractivity contribution is 5.82. The monoisotopic (exact) mass is 447 g/mol. The van der Waals surface area contributed by atoms with Crippen molar-refractivity contribution in [3.63, 3.8) is 0 Å². The summed E-state index contributed by atoms with van der Waals surface area (Å²) in [4.78, 5) is 10.9. The number of anilines is 1. The Labute approximate surface area is 181 Å². The first-order chi connectivity index (χ1) is 15.4. The number of rotatable bonds is 8. The highest BCUT2D eigenvalue weighted by Crippen LogP contribution is 2.33. The lowest BCUT2D eigenvalue weighted by Gasteiger charge is -2.04. The van der Waals surface area contributed by atoms with Gasteiger partial charge in [0.05, 0.1) is 18.2 Å². The quantitative estimate of drug-likeness (QED) is 0.360. The summed E-state index contributed by atoms with van der Waals surface area (Å²) in [5, 5.41) is 12.6. The number of alkyl halides is 3. The standard InChI is InChI=1S/C22H22F3N5O2/c1-2-3-4-16-11-20(26-7-8-31)29-21(28-16)30-12-17(27-13-30)19-10-14-9-15(22(23,24)25)5-6-18(14)32-19/h5-6,9-13,31H,2-4,7-8H2,1H3,(H,26,28,29)/p+2. The van der Waals surface area contributed by atoms with Crippen LogP contribution in [-0.4, -0.2) is 28.2 Å². The van der Waals surface area contributed by atoms with Crippen LogP contribution in [0.25, 0.3) is 28.4 Å². The van der Waals surface area contributed by atoms with Gasteiger partial charge in [-0.15, -0.1) is 4.57 Å². The molecule has 0 unspecified atom stereocenters. The molecule has 0 radical (unpaired) electrons. The normalized spacial score (nSPS) is 11.9. The van der Waals surface area contributed by atoms with E-state index in [-0.39, 0.29) is 6.61 Å². The number of H-pyrrole nitrogens is 2. The molecule has 3 heterocycles. The van der Waals surface area contributed by atoms with Crippen LogP contribution in [0.4, 0.5) is 19.0 Å². The molecule has 0 amide bonds. The first-order valence-electron chi connectivity index (χ1n) is 10.4. The smallest absolute Gasteiger partial charge is 0.454 e. The van der Waals surface area contributed by atoms with Gasteiger partial charge < -0.3 is 14.5 Å². The third-order valence-electron chi connectivity index (χ3n) is 5.00. The molecule has 0 bridgehead atoms. The number of benzene rings is 1. The maximum Gasteiger partial charge on any atom is 0.498 e. The number of halogens is 3. The Morgan fingerprint density at radius 1 is 1.25 bits per heavy atom. The molecule has 0 aliphatic carbocycles. The van der Waals surface area contributed by atoms with Crippen LogP contribution >= 0.6 is 0 Å². The second-order valence-electron chi connectivity index (χ2n) is 7.45. The van der Waals surface area contributed by atoms with E-state index < -0.39 is 11.7 Å². The Balaban J connectivity index is 1.65. The Morgan fingerprint density at radius 3 is 2.84 bits per heavy atom. The highest BCUT2D eigenvalue weighted by atomic mass is 19.4. The lowest BCUT2D eigenvalue weighted by atomic mass is 10.1. The van der Waals surface area contributed by atoms with Gasteiger partial charge in [0.25, 0.3) is 5.82 Å². The molecule has 1 aromatic carbocycles. The molecule has 0 atom stereocenters. The molecular formula is C22H24F3N5O2+2. The second kappa shape index (κ2) is 8.99. The predicted molar refractivity (Wildman–Crippen MR) is 111 cm³/mol. The number of aromatic amines is 2. The first kappa shape index (κ1) is 21.8. The molecule has 0 saturated heterocycles. The van der Waals surface area contributed by atoms with Gasteiger partial charge in [0, 0.05) is 11.8 Å². The average molecular weight is 447 g/mol. The van der Waals surface area contributed by atoms with E-state index in [4.69, 9.17) is 9.52 Å². The number of unbranched alkanes of at least 4 members (excludes halogenated alkanes) is 1. The summed E-state index contributed by atoms with van der Waals surface area (Å²) in [7, 11) is 0. The minimum Gasteiger partial charge on any atom is -0.454 e. The summed E-state index contributed by atoms with van der Waals surface area (Å²) in [5.74, 6) is 1.70. The first-order valence-corrected chi connectivity index (χ1v) is 10.4. The number of nitrogens with one attached hydrogen (secondary N) is 3. The molecule has 10 heteroatoms. The van der Waals surface area contributed by atoms with Gasteiger partial charge in [0.15, 0.2) is 17.8 Å². The Bertz CT molecular complexity index is 1190. The highest BCUT2D eigenvalue weighted by Gasteiger charge is 2.31. The van der Waals surface area contributed by atoms with E-state index >= 15 is 0 Å². The van der Waals surface area contributed by atoms with Crippen molar-refractivity contribution < 1.29 is 32.2 Å². The lowest BCUT2D eigenvalue weighted by Crippen LogP contribution is -2.38. The molecular weight excluding hydrogens is 423 g/mol. The Morgan fingerprint density at radius 2 is 2.09 bits per heavy atom. The van der Waals surface area contributed by atoms with Crippen LogP contribution in [0, 0.1) is 0 Å². The summed E-state index contributed by atoms with van der Waals surface area (Å²) in [5.41, 5.74) is 1.15. The van der Waals surface area contributed by atoms with Crippen LogP contribution in [0.15, 0.2) is 47.3 Å². The van der Waals surface area contributed by atoms with E-state index in [1.807, 2.05) is 6.07 Å². The zero-order valence-corrected chi connectivity index (χ0v) is 17.5. The van der Waals surface area contributed by atoms with Gasteiger partial charge in [-0.05, 0) is 35.7 Å². The van der Waals surface area contributed by atoms with Crippen LogP contribution in [-0.2, 0) is 12.6 Å². The van der Waals surface area contributed by atoms with Crippen molar-refractivity contribution >= 4 is 16.8 Å². The van der Waals surface area contributed by atoms with Gasteiger partial charge in [0.2, 0.25) is 0 Å². The van der Waals surface area contributed by atoms with Crippen LogP contribution < -0.4 is 14.9 Å². The molecule has 32 heavy (non-hydrogen) atoms. The predicted octanol–water partition coefficient (Wildman–Crippen LogP) is 3.68. The molecule has 0 aliphatic rings. The molecule has 0 saturated carbocycles. The van der Waals surface area contributed by atoms with Gasteiger partial charge in [-0.2, -0.15) is 18.2 Å². The van der Waals surface area contributed by atoms with E-state index in [0.29, 0.717) is 34.9 Å². The van der Waals surface area contributed by atoms with E-state index in [0.717, 1.165) is 42.9 Å². The zero-order chi connectivity index (χ0) is 22.7. The molecule has 4 aromatic rings. The molecule has 7 nitrogen and oxygen atoms in total. The molecule has 0 aliphatic heterocycles. The number of furan rings is 1. The van der Waals surface area contributed by atoms with E-state index in [1.54, 1.807) is 23.2 Å². The maximum atomic E-state index is 13.0. The summed E-state index contributed by atoms with van der Waals surface area (Å²) >= 11 is 0. The molecule has 4 rings (SSSR count). The van der Waals surface area contributed by atoms with Gasteiger partial charge >= 0.3 is 12.1 Å². The third-order valence-corrected chi connectivity index (χ3v) is 5.00. The van der Waals surface area contributed by atoms with Crippen LogP contribution in [0.2, 0.25) is 0 Å². The van der Waals surface area contributed by atoms with Crippen LogP contribution in [0.1, 0.15) is 31.0 Å². The number of hydrogen-bond donors (Lipinski definition) is 3. The van der Waals surface area contributed by atoms with Crippen LogP contribution in [0.3, 0.4) is 0 Å². The molecule has 168 valence electrons. The number of aliphatic hydroxyl groups is 1. The van der Waals surface area contributed by atoms with Crippen molar-refractivity contribution in [1.82, 2.24) is 9.97 Å². The minimum absolute atomic E-state index is 0.000654. The number of aryl methyl sites for hydroxylation is 1. The van der Waals surface area contributed by atoms with Crippen molar-refractivity contribution in [3.8, 4) is 17.4 Å². The number of nitrogens with zero attached hydrogens (tertiary/aromatic N) is 2. The molecule has 0 fully saturated rings. The fourth-order valence-electron chi connectivity index (χ4n) is 3.38. The fourth-order valence-corrected chi connectivity index (χ4v) is 3.38. The topological polar surface area (TPSA) is 92.1 Å². The van der Waals surface area contributed by atoms with E-state index in [2.05, 4.69) is 27.2 Å². The van der Waals surface area contributed by atoms with Crippen molar-refractivity contribution in [2.45, 2.75) is 32.4 Å². The van der Waals surface area contributed by atoms with Gasteiger partial charge in [-0.25, -0.2) is 0 Å². The number of aromatic nitrogens is 4. The SMILES string of the molecule is CCCCc1cc(NCCO)[nH+]c(-[n+]2c[nH]c(-c3cc4cc(C(F)(F)F)ccc4o3)c2)n1. The Hall–Kier alpha value is -3.40. The molecule has 0 spiro atoms. The van der Waals surface area contributed by atoms with Crippen molar-refractivity contribution in [2.75, 3.05) is 18.5 Å². The minimum atomic E-state index is -4.41. The van der Waals surface area contributed by atoms with Crippen molar-refractivity contribution in [2.24, 2.45) is 0 Å². The molecule has 3 aromatic heterocycles. The molecule has 4 N–H and O–H groups in total. The number of aliphatic hydroxyl groups excluding tert-OH is 1. The number of hydrogen-bond acceptors (Lipinski definition) is 4. The summed E-state index contributed by atoms with van der Waals surface area (Å²) in [6.07, 6.45) is 1.88. The van der Waals surface area contributed by atoms with E-state index in [9.17, 15) is 13.2 Å². The zero-order valence-electron chi connectivity index (χ0n) is 17.5. The van der Waals surface area contributed by atoms with Crippen molar-refractivity contribution in [3.05, 3.63) is 54.1 Å². The summed E-state index contributed by atoms with van der Waals surface area (Å²) in [6, 6.07) is 6.89. The fraction of sp³-hybridized carbons (Fsp3) is 0.318. The van der Waals surface area contributed by atoms with Crippen molar-refractivity contribution in [1.29, 1.82) is 0 Å². The summed E-state index contributed by atoms with van der Waals surface area (Å²) < 4.78 is 46.4. The summed E-state index contributed by atoms with van der Waals surface area (Å²) in [6.45, 7) is 2.51. The third kappa shape index (κ3) is 4.75. The maximum absolute atomic E-state index is 13.0. The largest absolute Gasteiger partial charge is 0.498 e. The van der Waals surface area contributed by atoms with Gasteiger partial charge in [0.1, 0.15) is 24.0 Å². The second-order valence-corrected chi connectivity index (χ2v) is 7.45. The van der Waals surface area contributed by atoms with Gasteiger partial charge in [-0.1, -0.05) is 13.3 Å². The lowest BCUT2D eigenvalue weighted by molar-refractivity contribution is -0.673. The number of fused-ring (bicyclic) bond motifs is 1. The number of imidazole rings is 1. The Kier molecular flexibility index (Phi) is 6.13. The van der Waals surface area contributed by atoms with Gasteiger partial charge in [-0.3, -0.25) is 5.32 Å². The van der Waals surface area contributed by atoms with E-state index in [1.165, 1.54) is 6.07 Å². The average Bonchev–Trinajstić information content (AvgIpc) is 3.42. The van der Waals surface area contributed by atoms with Crippen LogP contribution in [0.5, 0.6) is 0 Å².